The van der Waals surface area contributed by atoms with Gasteiger partial charge in [0.1, 0.15) is 0 Å². The van der Waals surface area contributed by atoms with E-state index in [4.69, 9.17) is 4.74 Å². The van der Waals surface area contributed by atoms with Gasteiger partial charge in [0.15, 0.2) is 5.03 Å². The van der Waals surface area contributed by atoms with Crippen molar-refractivity contribution in [3.63, 3.8) is 0 Å². The molecule has 3 rings (SSSR count). The molecule has 0 bridgehead atoms. The molecule has 0 aromatic carbocycles. The smallest absolute Gasteiger partial charge is 0.262 e. The maximum absolute atomic E-state index is 12.7. The van der Waals surface area contributed by atoms with Gasteiger partial charge in [0.05, 0.1) is 19.0 Å². The number of hydrogen-bond donors (Lipinski definition) is 0. The molecule has 0 spiro atoms. The van der Waals surface area contributed by atoms with Gasteiger partial charge < -0.3 is 9.30 Å². The first-order chi connectivity index (χ1) is 9.98. The summed E-state index contributed by atoms with van der Waals surface area (Å²) in [6.07, 6.45) is 6.79. The molecule has 1 aliphatic heterocycles. The second-order valence-corrected chi connectivity index (χ2v) is 8.10. The topological polar surface area (TPSA) is 64.4 Å². The Labute approximate surface area is 126 Å². The van der Waals surface area contributed by atoms with E-state index in [1.54, 1.807) is 12.5 Å². The molecule has 2 heterocycles. The summed E-state index contributed by atoms with van der Waals surface area (Å²) in [7, 11) is -3.50. The van der Waals surface area contributed by atoms with Crippen molar-refractivity contribution < 1.29 is 13.2 Å². The number of rotatable bonds is 4. The van der Waals surface area contributed by atoms with E-state index in [-0.39, 0.29) is 17.2 Å². The number of aromatic nitrogens is 2. The molecule has 2 fully saturated rings. The molecule has 1 aromatic rings. The van der Waals surface area contributed by atoms with Crippen LogP contribution < -0.4 is 0 Å². The highest BCUT2D eigenvalue weighted by molar-refractivity contribution is 7.89. The second-order valence-electron chi connectivity index (χ2n) is 6.22. The van der Waals surface area contributed by atoms with E-state index in [0.29, 0.717) is 25.6 Å². The number of imidazole rings is 1. The molecule has 1 saturated heterocycles. The van der Waals surface area contributed by atoms with Gasteiger partial charge in [0.2, 0.25) is 0 Å². The van der Waals surface area contributed by atoms with Crippen LogP contribution in [0.1, 0.15) is 39.2 Å². The third-order valence-electron chi connectivity index (χ3n) is 4.51. The third kappa shape index (κ3) is 2.86. The summed E-state index contributed by atoms with van der Waals surface area (Å²) in [4.78, 5) is 4.08. The van der Waals surface area contributed by atoms with Gasteiger partial charge in [-0.1, -0.05) is 6.42 Å². The fourth-order valence-corrected chi connectivity index (χ4v) is 4.19. The zero-order valence-electron chi connectivity index (χ0n) is 12.6. The van der Waals surface area contributed by atoms with Crippen molar-refractivity contribution in [3.05, 3.63) is 12.5 Å². The monoisotopic (exact) mass is 313 g/mol. The Bertz CT molecular complexity index is 592. The van der Waals surface area contributed by atoms with Gasteiger partial charge in [-0.3, -0.25) is 0 Å². The highest BCUT2D eigenvalue weighted by Gasteiger charge is 2.37. The van der Waals surface area contributed by atoms with Gasteiger partial charge in [-0.25, -0.2) is 13.4 Å². The van der Waals surface area contributed by atoms with Gasteiger partial charge >= 0.3 is 0 Å². The molecule has 1 saturated carbocycles. The van der Waals surface area contributed by atoms with E-state index in [2.05, 4.69) is 4.98 Å². The molecule has 118 valence electrons. The standard InChI is InChI=1S/C14H23N3O3S/c1-11(2)16-9-14(15-10-16)21(18,19)17-6-7-20-13(8-17)12-4-3-5-12/h9-13H,3-8H2,1-2H3. The van der Waals surface area contributed by atoms with Crippen LogP contribution in [0, 0.1) is 5.92 Å². The summed E-state index contributed by atoms with van der Waals surface area (Å²) in [5.41, 5.74) is 0. The molecule has 1 atom stereocenters. The van der Waals surface area contributed by atoms with Crippen LogP contribution in [0.25, 0.3) is 0 Å². The minimum Gasteiger partial charge on any atom is -0.375 e. The van der Waals surface area contributed by atoms with Crippen LogP contribution >= 0.6 is 0 Å². The van der Waals surface area contributed by atoms with Gasteiger partial charge in [-0.15, -0.1) is 0 Å². The van der Waals surface area contributed by atoms with Crippen LogP contribution in [0.5, 0.6) is 0 Å². The van der Waals surface area contributed by atoms with Crippen LogP contribution in [0.2, 0.25) is 0 Å². The van der Waals surface area contributed by atoms with E-state index in [0.717, 1.165) is 12.8 Å². The Morgan fingerprint density at radius 1 is 1.38 bits per heavy atom. The predicted octanol–water partition coefficient (Wildman–Crippen LogP) is 1.65. The van der Waals surface area contributed by atoms with Gasteiger partial charge in [-0.05, 0) is 32.6 Å². The van der Waals surface area contributed by atoms with Crippen LogP contribution in [0.4, 0.5) is 0 Å². The van der Waals surface area contributed by atoms with E-state index < -0.39 is 10.0 Å². The first-order valence-corrected chi connectivity index (χ1v) is 9.07. The molecule has 0 amide bonds. The molecule has 0 N–H and O–H groups in total. The van der Waals surface area contributed by atoms with E-state index in [9.17, 15) is 8.42 Å². The number of hydrogen-bond acceptors (Lipinski definition) is 4. The molecule has 0 radical (unpaired) electrons. The van der Waals surface area contributed by atoms with E-state index in [1.165, 1.54) is 10.7 Å². The summed E-state index contributed by atoms with van der Waals surface area (Å²) < 4.78 is 34.5. The zero-order chi connectivity index (χ0) is 15.0. The Hall–Kier alpha value is -0.920. The number of nitrogens with zero attached hydrogens (tertiary/aromatic N) is 3. The highest BCUT2D eigenvalue weighted by Crippen LogP contribution is 2.33. The molecule has 6 nitrogen and oxygen atoms in total. The largest absolute Gasteiger partial charge is 0.375 e. The first kappa shape index (κ1) is 15.0. The fraction of sp³-hybridized carbons (Fsp3) is 0.786. The summed E-state index contributed by atoms with van der Waals surface area (Å²) >= 11 is 0. The average molecular weight is 313 g/mol. The van der Waals surface area contributed by atoms with Crippen LogP contribution in [0.3, 0.4) is 0 Å². The van der Waals surface area contributed by atoms with Crippen molar-refractivity contribution in [3.8, 4) is 0 Å². The molecule has 7 heteroatoms. The Morgan fingerprint density at radius 2 is 2.14 bits per heavy atom. The Kier molecular flexibility index (Phi) is 4.07. The lowest BCUT2D eigenvalue weighted by molar-refractivity contribution is -0.0542. The number of sulfonamides is 1. The molecule has 2 aliphatic rings. The minimum atomic E-state index is -3.50. The summed E-state index contributed by atoms with van der Waals surface area (Å²) in [5, 5.41) is 0.144. The van der Waals surface area contributed by atoms with Crippen molar-refractivity contribution in [2.24, 2.45) is 5.92 Å². The summed E-state index contributed by atoms with van der Waals surface area (Å²) in [5.74, 6) is 0.524. The molecular formula is C14H23N3O3S. The third-order valence-corrected chi connectivity index (χ3v) is 6.26. The van der Waals surface area contributed by atoms with Gasteiger partial charge in [-0.2, -0.15) is 4.31 Å². The molecular weight excluding hydrogens is 290 g/mol. The van der Waals surface area contributed by atoms with Crippen LogP contribution in [0.15, 0.2) is 17.6 Å². The van der Waals surface area contributed by atoms with Crippen molar-refractivity contribution in [2.75, 3.05) is 19.7 Å². The second kappa shape index (κ2) is 5.70. The van der Waals surface area contributed by atoms with E-state index in [1.807, 2.05) is 18.4 Å². The highest BCUT2D eigenvalue weighted by atomic mass is 32.2. The maximum Gasteiger partial charge on any atom is 0.262 e. The fourth-order valence-electron chi connectivity index (χ4n) is 2.83. The Balaban J connectivity index is 1.76. The van der Waals surface area contributed by atoms with E-state index >= 15 is 0 Å². The first-order valence-electron chi connectivity index (χ1n) is 7.63. The van der Waals surface area contributed by atoms with Gasteiger partial charge in [0, 0.05) is 25.3 Å². The minimum absolute atomic E-state index is 0.0504. The zero-order valence-corrected chi connectivity index (χ0v) is 13.4. The quantitative estimate of drug-likeness (QED) is 0.848. The number of ether oxygens (including phenoxy) is 1. The lowest BCUT2D eigenvalue weighted by Gasteiger charge is -2.39. The Morgan fingerprint density at radius 3 is 2.71 bits per heavy atom. The average Bonchev–Trinajstić information content (AvgIpc) is 2.87. The van der Waals surface area contributed by atoms with Crippen molar-refractivity contribution >= 4 is 10.0 Å². The van der Waals surface area contributed by atoms with Crippen molar-refractivity contribution in [1.82, 2.24) is 13.9 Å². The molecule has 21 heavy (non-hydrogen) atoms. The van der Waals surface area contributed by atoms with Crippen LogP contribution in [-0.4, -0.2) is 48.1 Å². The molecule has 1 aliphatic carbocycles. The summed E-state index contributed by atoms with van der Waals surface area (Å²) in [6, 6.07) is 0.203. The van der Waals surface area contributed by atoms with Crippen molar-refractivity contribution in [1.29, 1.82) is 0 Å². The molecule has 1 aromatic heterocycles. The predicted molar refractivity (Wildman–Crippen MR) is 78.5 cm³/mol. The normalized spacial score (nSPS) is 25.2. The SMILES string of the molecule is CC(C)n1cnc(S(=O)(=O)N2CCOC(C3CCC3)C2)c1. The lowest BCUT2D eigenvalue weighted by atomic mass is 9.81. The summed E-state index contributed by atoms with van der Waals surface area (Å²) in [6.45, 7) is 5.35. The van der Waals surface area contributed by atoms with Crippen LogP contribution in [-0.2, 0) is 14.8 Å². The maximum atomic E-state index is 12.7. The molecule has 1 unspecified atom stereocenters. The van der Waals surface area contributed by atoms with Crippen molar-refractivity contribution in [2.45, 2.75) is 50.3 Å². The lowest BCUT2D eigenvalue weighted by Crippen LogP contribution is -2.49. The number of morpholine rings is 1. The van der Waals surface area contributed by atoms with Gasteiger partial charge in [0.25, 0.3) is 10.0 Å².